The summed E-state index contributed by atoms with van der Waals surface area (Å²) in [6.45, 7) is 1.61. The Labute approximate surface area is 492 Å². The van der Waals surface area contributed by atoms with E-state index in [0.29, 0.717) is 12.8 Å². The van der Waals surface area contributed by atoms with Gasteiger partial charge in [0.2, 0.25) is 5.91 Å². The minimum Gasteiger partial charge on any atom is -0.394 e. The van der Waals surface area contributed by atoms with Crippen molar-refractivity contribution < 1.29 is 89.4 Å². The normalized spacial score (nSPS) is 29.7. The maximum Gasteiger partial charge on any atom is 0.220 e. The van der Waals surface area contributed by atoms with Gasteiger partial charge in [-0.05, 0) is 32.1 Å². The highest BCUT2D eigenvalue weighted by atomic mass is 16.8. The van der Waals surface area contributed by atoms with Crippen LogP contribution >= 0.6 is 0 Å². The Kier molecular flexibility index (Phi) is 42.2. The Morgan fingerprint density at radius 3 is 1.22 bits per heavy atom. The number of rotatable bonds is 49. The maximum absolute atomic E-state index is 13.1. The minimum atomic E-state index is -1.98. The molecule has 12 N–H and O–H groups in total. The molecule has 82 heavy (non-hydrogen) atoms. The Bertz CT molecular complexity index is 1590. The van der Waals surface area contributed by atoms with E-state index < -0.39 is 124 Å². The molecule has 0 radical (unpaired) electrons. The number of unbranched alkanes of at least 4 members (excludes halogenated alkanes) is 31. The van der Waals surface area contributed by atoms with Gasteiger partial charge in [-0.25, -0.2) is 0 Å². The number of hydrogen-bond donors (Lipinski definition) is 12. The molecule has 19 heteroatoms. The van der Waals surface area contributed by atoms with Crippen molar-refractivity contribution in [3.8, 4) is 0 Å². The summed E-state index contributed by atoms with van der Waals surface area (Å²) in [5.74, 6) is -0.298. The van der Waals surface area contributed by atoms with E-state index in [1.165, 1.54) is 161 Å². The highest BCUT2D eigenvalue weighted by Gasteiger charge is 2.53. The summed E-state index contributed by atoms with van der Waals surface area (Å²) in [6, 6.07) is -0.983. The van der Waals surface area contributed by atoms with Gasteiger partial charge in [-0.15, -0.1) is 0 Å². The van der Waals surface area contributed by atoms with Gasteiger partial charge >= 0.3 is 0 Å². The number of ether oxygens (including phenoxy) is 6. The van der Waals surface area contributed by atoms with Crippen molar-refractivity contribution in [3.05, 3.63) is 24.3 Å². The summed E-state index contributed by atoms with van der Waals surface area (Å²) in [6.07, 6.45) is 24.2. The molecule has 3 fully saturated rings. The van der Waals surface area contributed by atoms with Gasteiger partial charge in [0.25, 0.3) is 0 Å². The molecule has 0 aliphatic carbocycles. The largest absolute Gasteiger partial charge is 0.394 e. The minimum absolute atomic E-state index is 0.232. The van der Waals surface area contributed by atoms with Crippen LogP contribution in [0.5, 0.6) is 0 Å². The first-order chi connectivity index (χ1) is 39.8. The molecule has 0 spiro atoms. The van der Waals surface area contributed by atoms with Crippen LogP contribution in [-0.4, -0.2) is 193 Å². The highest BCUT2D eigenvalue weighted by molar-refractivity contribution is 5.76. The third-order valence-electron chi connectivity index (χ3n) is 16.5. The zero-order valence-electron chi connectivity index (χ0n) is 50.5. The number of carbonyl (C=O) groups excluding carboxylic acids is 1. The Hall–Kier alpha value is -1.73. The number of aliphatic hydroxyl groups is 11. The molecular formula is C63H117NO18. The van der Waals surface area contributed by atoms with Gasteiger partial charge in [-0.2, -0.15) is 0 Å². The molecule has 1 amide bonds. The van der Waals surface area contributed by atoms with Crippen molar-refractivity contribution >= 4 is 5.91 Å². The molecule has 17 atom stereocenters. The molecule has 17 unspecified atom stereocenters. The van der Waals surface area contributed by atoms with Gasteiger partial charge in [0.05, 0.1) is 38.6 Å². The fourth-order valence-electron chi connectivity index (χ4n) is 11.1. The summed E-state index contributed by atoms with van der Waals surface area (Å²) in [7, 11) is 0. The first-order valence-corrected chi connectivity index (χ1v) is 32.6. The van der Waals surface area contributed by atoms with E-state index in [1.807, 2.05) is 6.08 Å². The van der Waals surface area contributed by atoms with Crippen LogP contribution in [0.25, 0.3) is 0 Å². The lowest BCUT2D eigenvalue weighted by Gasteiger charge is -2.48. The second-order valence-corrected chi connectivity index (χ2v) is 23.6. The van der Waals surface area contributed by atoms with Crippen LogP contribution in [0.15, 0.2) is 24.3 Å². The quantitative estimate of drug-likeness (QED) is 0.0213. The number of amides is 1. The number of aliphatic hydroxyl groups excluding tert-OH is 11. The molecular weight excluding hydrogens is 1060 g/mol. The lowest BCUT2D eigenvalue weighted by atomic mass is 9.96. The van der Waals surface area contributed by atoms with Crippen LogP contribution in [0, 0.1) is 0 Å². The molecule has 19 nitrogen and oxygen atoms in total. The lowest BCUT2D eigenvalue weighted by molar-refractivity contribution is -0.379. The van der Waals surface area contributed by atoms with E-state index in [9.17, 15) is 61.0 Å². The molecule has 482 valence electrons. The second-order valence-electron chi connectivity index (χ2n) is 23.6. The Balaban J connectivity index is 1.33. The molecule has 3 saturated heterocycles. The van der Waals surface area contributed by atoms with Crippen LogP contribution in [0.4, 0.5) is 0 Å². The molecule has 0 bridgehead atoms. The average Bonchev–Trinajstić information content (AvgIpc) is 3.54. The molecule has 0 aromatic heterocycles. The van der Waals surface area contributed by atoms with Gasteiger partial charge in [0.15, 0.2) is 18.9 Å². The Morgan fingerprint density at radius 2 is 0.780 bits per heavy atom. The number of carbonyl (C=O) groups is 1. The van der Waals surface area contributed by atoms with Crippen LogP contribution in [0.1, 0.15) is 239 Å². The predicted molar refractivity (Wildman–Crippen MR) is 314 cm³/mol. The number of allylic oxidation sites excluding steroid dienone is 3. The topological polar surface area (TPSA) is 307 Å². The van der Waals surface area contributed by atoms with Crippen LogP contribution in [0.3, 0.4) is 0 Å². The second kappa shape index (κ2) is 46.4. The molecule has 3 aliphatic rings. The molecule has 0 aromatic rings. The van der Waals surface area contributed by atoms with Crippen molar-refractivity contribution in [1.82, 2.24) is 5.32 Å². The summed E-state index contributed by atoms with van der Waals surface area (Å²) in [5, 5.41) is 120. The van der Waals surface area contributed by atoms with Gasteiger partial charge in [0.1, 0.15) is 73.2 Å². The van der Waals surface area contributed by atoms with Crippen molar-refractivity contribution in [2.24, 2.45) is 0 Å². The van der Waals surface area contributed by atoms with Crippen LogP contribution < -0.4 is 5.32 Å². The molecule has 3 rings (SSSR count). The van der Waals surface area contributed by atoms with Gasteiger partial charge in [-0.1, -0.05) is 224 Å². The Morgan fingerprint density at radius 1 is 0.427 bits per heavy atom. The number of hydrogen-bond acceptors (Lipinski definition) is 18. The zero-order valence-corrected chi connectivity index (χ0v) is 50.5. The SMILES string of the molecule is CCCCCCCCCCCCCCCCCCCCCCCCCCCC/C=C/CC/C=C/C(O)C(COC1OC(CO)C(OC2OC(CO)C(OC3OC(CO)C(O)C(O)C3O)C(O)C2O)C(O)C1O)NC(=O)CCCCCCC. The van der Waals surface area contributed by atoms with E-state index in [0.717, 1.165) is 44.9 Å². The van der Waals surface area contributed by atoms with Crippen LogP contribution in [0.2, 0.25) is 0 Å². The first kappa shape index (κ1) is 74.5. The average molecular weight is 1180 g/mol. The highest BCUT2D eigenvalue weighted by Crippen LogP contribution is 2.33. The zero-order chi connectivity index (χ0) is 59.7. The molecule has 0 saturated carbocycles. The van der Waals surface area contributed by atoms with E-state index in [1.54, 1.807) is 6.08 Å². The fraction of sp³-hybridized carbons (Fsp3) is 0.921. The fourth-order valence-corrected chi connectivity index (χ4v) is 11.1. The smallest absolute Gasteiger partial charge is 0.220 e. The van der Waals surface area contributed by atoms with Gasteiger partial charge in [0, 0.05) is 6.42 Å². The lowest BCUT2D eigenvalue weighted by Crippen LogP contribution is -2.66. The third-order valence-corrected chi connectivity index (χ3v) is 16.5. The summed E-state index contributed by atoms with van der Waals surface area (Å²) >= 11 is 0. The predicted octanol–water partition coefficient (Wildman–Crippen LogP) is 7.10. The first-order valence-electron chi connectivity index (χ1n) is 32.6. The third kappa shape index (κ3) is 29.3. The monoisotopic (exact) mass is 1180 g/mol. The van der Waals surface area contributed by atoms with E-state index >= 15 is 0 Å². The van der Waals surface area contributed by atoms with Crippen molar-refractivity contribution in [2.45, 2.75) is 343 Å². The van der Waals surface area contributed by atoms with Crippen molar-refractivity contribution in [2.75, 3.05) is 26.4 Å². The van der Waals surface area contributed by atoms with E-state index in [2.05, 4.69) is 31.3 Å². The van der Waals surface area contributed by atoms with Gasteiger partial charge in [-0.3, -0.25) is 4.79 Å². The maximum atomic E-state index is 13.1. The molecule has 3 heterocycles. The van der Waals surface area contributed by atoms with Crippen molar-refractivity contribution in [3.63, 3.8) is 0 Å². The standard InChI is InChI=1S/C63H117NO18/c1-3-5-7-9-10-11-12-13-14-15-16-17-18-19-20-21-22-23-24-25-26-27-28-29-30-31-32-33-34-35-37-38-40-47(68)46(64-51(69)41-39-36-8-6-4-2)45-77-61-57(75)54(72)59(49(43-66)79-61)82-63-58(76)55(73)60(50(44-67)80-63)81-62-56(74)53(71)52(70)48(42-65)78-62/h33-34,38,40,46-50,52-63,65-68,70-76H,3-32,35-37,39,41-45H2,1-2H3,(H,64,69)/b34-33+,40-38+. The molecule has 0 aromatic carbocycles. The summed E-state index contributed by atoms with van der Waals surface area (Å²) in [5.41, 5.74) is 0. The van der Waals surface area contributed by atoms with E-state index in [4.69, 9.17) is 28.4 Å². The number of nitrogens with one attached hydrogen (secondary N) is 1. The summed E-state index contributed by atoms with van der Waals surface area (Å²) in [4.78, 5) is 13.1. The van der Waals surface area contributed by atoms with Crippen LogP contribution in [-0.2, 0) is 33.2 Å². The van der Waals surface area contributed by atoms with E-state index in [-0.39, 0.29) is 18.9 Å². The van der Waals surface area contributed by atoms with Crippen molar-refractivity contribution in [1.29, 1.82) is 0 Å². The van der Waals surface area contributed by atoms with Gasteiger partial charge < -0.3 is 89.9 Å². The molecule has 3 aliphatic heterocycles. The summed E-state index contributed by atoms with van der Waals surface area (Å²) < 4.78 is 34.1.